The highest BCUT2D eigenvalue weighted by molar-refractivity contribution is 9.10. The van der Waals surface area contributed by atoms with Crippen molar-refractivity contribution in [2.24, 2.45) is 0 Å². The maximum atomic E-state index is 11.1. The summed E-state index contributed by atoms with van der Waals surface area (Å²) in [5.41, 5.74) is 0.997. The van der Waals surface area contributed by atoms with Gasteiger partial charge in [0.1, 0.15) is 0 Å². The molecule has 1 unspecified atom stereocenters. The third-order valence-electron chi connectivity index (χ3n) is 2.94. The first-order valence-corrected chi connectivity index (χ1v) is 7.41. The van der Waals surface area contributed by atoms with E-state index in [1.54, 1.807) is 11.3 Å². The Balaban J connectivity index is 1.76. The first-order valence-electron chi connectivity index (χ1n) is 5.80. The van der Waals surface area contributed by atoms with Crippen molar-refractivity contribution >= 4 is 48.5 Å². The van der Waals surface area contributed by atoms with Crippen LogP contribution in [0.3, 0.4) is 0 Å². The summed E-state index contributed by atoms with van der Waals surface area (Å²) in [6, 6.07) is 6.38. The van der Waals surface area contributed by atoms with E-state index in [4.69, 9.17) is 0 Å². The third kappa shape index (κ3) is 2.49. The molecule has 2 heterocycles. The van der Waals surface area contributed by atoms with Gasteiger partial charge in [-0.25, -0.2) is 4.98 Å². The molecule has 3 rings (SSSR count). The van der Waals surface area contributed by atoms with Gasteiger partial charge in [0, 0.05) is 23.5 Å². The predicted molar refractivity (Wildman–Crippen MR) is 77.0 cm³/mol. The van der Waals surface area contributed by atoms with Crippen LogP contribution < -0.4 is 10.6 Å². The predicted octanol–water partition coefficient (Wildman–Crippen LogP) is 2.75. The van der Waals surface area contributed by atoms with Crippen molar-refractivity contribution in [3.63, 3.8) is 0 Å². The SMILES string of the molecule is O=C1CCC(Nc2nc3cc(Br)ccc3s2)CN1. The van der Waals surface area contributed by atoms with Gasteiger partial charge >= 0.3 is 0 Å². The van der Waals surface area contributed by atoms with Crippen molar-refractivity contribution < 1.29 is 4.79 Å². The Morgan fingerprint density at radius 1 is 1.50 bits per heavy atom. The summed E-state index contributed by atoms with van der Waals surface area (Å²) in [4.78, 5) is 15.6. The fourth-order valence-electron chi connectivity index (χ4n) is 1.99. The van der Waals surface area contributed by atoms with Gasteiger partial charge in [-0.3, -0.25) is 4.79 Å². The Morgan fingerprint density at radius 3 is 3.17 bits per heavy atom. The van der Waals surface area contributed by atoms with E-state index >= 15 is 0 Å². The average molecular weight is 326 g/mol. The molecule has 2 N–H and O–H groups in total. The molecular formula is C12H12BrN3OS. The molecule has 0 spiro atoms. The number of nitrogens with one attached hydrogen (secondary N) is 2. The number of carbonyl (C=O) groups excluding carboxylic acids is 1. The van der Waals surface area contributed by atoms with E-state index in [9.17, 15) is 4.79 Å². The van der Waals surface area contributed by atoms with Gasteiger partial charge in [0.2, 0.25) is 5.91 Å². The largest absolute Gasteiger partial charge is 0.357 e. The fourth-order valence-corrected chi connectivity index (χ4v) is 3.27. The first kappa shape index (κ1) is 11.9. The summed E-state index contributed by atoms with van der Waals surface area (Å²) in [6.45, 7) is 0.679. The molecule has 1 aliphatic rings. The van der Waals surface area contributed by atoms with Crippen LogP contribution in [0.1, 0.15) is 12.8 Å². The minimum atomic E-state index is 0.140. The number of nitrogens with zero attached hydrogens (tertiary/aromatic N) is 1. The van der Waals surface area contributed by atoms with Crippen LogP contribution in [-0.4, -0.2) is 23.5 Å². The fraction of sp³-hybridized carbons (Fsp3) is 0.333. The molecule has 2 aromatic rings. The molecule has 18 heavy (non-hydrogen) atoms. The number of anilines is 1. The molecule has 0 bridgehead atoms. The van der Waals surface area contributed by atoms with Crippen LogP contribution in [0.5, 0.6) is 0 Å². The second kappa shape index (κ2) is 4.85. The molecule has 0 radical (unpaired) electrons. The number of piperidine rings is 1. The molecule has 0 aliphatic carbocycles. The summed E-state index contributed by atoms with van der Waals surface area (Å²) < 4.78 is 2.21. The van der Waals surface area contributed by atoms with Gasteiger partial charge in [-0.1, -0.05) is 27.3 Å². The number of carbonyl (C=O) groups is 1. The van der Waals surface area contributed by atoms with Crippen molar-refractivity contribution in [3.05, 3.63) is 22.7 Å². The molecule has 1 amide bonds. The Kier molecular flexibility index (Phi) is 3.22. The normalized spacial score (nSPS) is 19.8. The quantitative estimate of drug-likeness (QED) is 0.892. The van der Waals surface area contributed by atoms with E-state index in [1.165, 1.54) is 4.70 Å². The maximum Gasteiger partial charge on any atom is 0.220 e. The van der Waals surface area contributed by atoms with Crippen LogP contribution in [0, 0.1) is 0 Å². The number of amides is 1. The smallest absolute Gasteiger partial charge is 0.220 e. The second-order valence-corrected chi connectivity index (χ2v) is 6.26. The number of rotatable bonds is 2. The van der Waals surface area contributed by atoms with E-state index in [0.29, 0.717) is 13.0 Å². The number of thiazole rings is 1. The van der Waals surface area contributed by atoms with Crippen LogP contribution >= 0.6 is 27.3 Å². The standard InChI is InChI=1S/C12H12BrN3OS/c13-7-1-3-10-9(5-7)16-12(18-10)15-8-2-4-11(17)14-6-8/h1,3,5,8H,2,4,6H2,(H,14,17)(H,15,16). The van der Waals surface area contributed by atoms with Crippen LogP contribution in [0.4, 0.5) is 5.13 Å². The zero-order chi connectivity index (χ0) is 12.5. The Hall–Kier alpha value is -1.14. The third-order valence-corrected chi connectivity index (χ3v) is 4.40. The minimum Gasteiger partial charge on any atom is -0.357 e. The van der Waals surface area contributed by atoms with E-state index in [1.807, 2.05) is 12.1 Å². The van der Waals surface area contributed by atoms with E-state index in [-0.39, 0.29) is 11.9 Å². The molecule has 1 aromatic carbocycles. The van der Waals surface area contributed by atoms with E-state index in [2.05, 4.69) is 37.6 Å². The Labute approximate surface area is 117 Å². The van der Waals surface area contributed by atoms with Crippen molar-refractivity contribution in [1.29, 1.82) is 0 Å². The van der Waals surface area contributed by atoms with Crippen LogP contribution in [-0.2, 0) is 4.79 Å². The van der Waals surface area contributed by atoms with Gasteiger partial charge in [0.05, 0.1) is 10.2 Å². The molecule has 1 fully saturated rings. The van der Waals surface area contributed by atoms with Gasteiger partial charge in [-0.2, -0.15) is 0 Å². The highest BCUT2D eigenvalue weighted by Crippen LogP contribution is 2.28. The molecule has 1 aromatic heterocycles. The zero-order valence-electron chi connectivity index (χ0n) is 9.57. The first-order chi connectivity index (χ1) is 8.70. The maximum absolute atomic E-state index is 11.1. The number of fused-ring (bicyclic) bond motifs is 1. The van der Waals surface area contributed by atoms with Crippen molar-refractivity contribution in [2.45, 2.75) is 18.9 Å². The lowest BCUT2D eigenvalue weighted by atomic mass is 10.1. The molecule has 1 saturated heterocycles. The van der Waals surface area contributed by atoms with Crippen LogP contribution in [0.15, 0.2) is 22.7 Å². The Bertz CT molecular complexity index is 588. The minimum absolute atomic E-state index is 0.140. The summed E-state index contributed by atoms with van der Waals surface area (Å²) in [7, 11) is 0. The average Bonchev–Trinajstić information content (AvgIpc) is 2.73. The number of halogens is 1. The summed E-state index contributed by atoms with van der Waals surface area (Å²) in [5, 5.41) is 7.17. The number of aromatic nitrogens is 1. The van der Waals surface area contributed by atoms with Crippen LogP contribution in [0.25, 0.3) is 10.2 Å². The number of benzene rings is 1. The van der Waals surface area contributed by atoms with E-state index < -0.39 is 0 Å². The Morgan fingerprint density at radius 2 is 2.39 bits per heavy atom. The molecule has 4 nitrogen and oxygen atoms in total. The van der Waals surface area contributed by atoms with Crippen molar-refractivity contribution in [3.8, 4) is 0 Å². The lowest BCUT2D eigenvalue weighted by molar-refractivity contribution is -0.122. The van der Waals surface area contributed by atoms with E-state index in [0.717, 1.165) is 21.5 Å². The second-order valence-electron chi connectivity index (χ2n) is 4.32. The van der Waals surface area contributed by atoms with Crippen LogP contribution in [0.2, 0.25) is 0 Å². The van der Waals surface area contributed by atoms with Gasteiger partial charge in [0.25, 0.3) is 0 Å². The number of hydrogen-bond acceptors (Lipinski definition) is 4. The lowest BCUT2D eigenvalue weighted by Gasteiger charge is -2.22. The topological polar surface area (TPSA) is 54.0 Å². The summed E-state index contributed by atoms with van der Waals surface area (Å²) in [6.07, 6.45) is 1.46. The molecule has 94 valence electrons. The monoisotopic (exact) mass is 325 g/mol. The molecule has 0 saturated carbocycles. The highest BCUT2D eigenvalue weighted by atomic mass is 79.9. The van der Waals surface area contributed by atoms with Crippen molar-refractivity contribution in [2.75, 3.05) is 11.9 Å². The molecule has 6 heteroatoms. The van der Waals surface area contributed by atoms with Gasteiger partial charge in [-0.05, 0) is 24.6 Å². The highest BCUT2D eigenvalue weighted by Gasteiger charge is 2.18. The summed E-state index contributed by atoms with van der Waals surface area (Å²) >= 11 is 5.09. The molecular weight excluding hydrogens is 314 g/mol. The number of hydrogen-bond donors (Lipinski definition) is 2. The van der Waals surface area contributed by atoms with Gasteiger partial charge < -0.3 is 10.6 Å². The lowest BCUT2D eigenvalue weighted by Crippen LogP contribution is -2.41. The van der Waals surface area contributed by atoms with Gasteiger partial charge in [0.15, 0.2) is 5.13 Å². The molecule has 1 aliphatic heterocycles. The van der Waals surface area contributed by atoms with Gasteiger partial charge in [-0.15, -0.1) is 0 Å². The van der Waals surface area contributed by atoms with Crippen molar-refractivity contribution in [1.82, 2.24) is 10.3 Å². The zero-order valence-corrected chi connectivity index (χ0v) is 12.0. The summed E-state index contributed by atoms with van der Waals surface area (Å²) in [5.74, 6) is 0.140. The molecule has 1 atom stereocenters.